The third kappa shape index (κ3) is 3.06. The fourth-order valence-electron chi connectivity index (χ4n) is 1.94. The highest BCUT2D eigenvalue weighted by Gasteiger charge is 2.04. The summed E-state index contributed by atoms with van der Waals surface area (Å²) in [5, 5.41) is 2.94. The molecule has 0 radical (unpaired) electrons. The minimum Gasteiger partial charge on any atom is -0.366 e. The van der Waals surface area contributed by atoms with Gasteiger partial charge in [0, 0.05) is 29.7 Å². The Bertz CT molecular complexity index is 787. The van der Waals surface area contributed by atoms with Crippen LogP contribution in [0.2, 0.25) is 0 Å². The molecule has 0 atom stereocenters. The first-order valence-corrected chi connectivity index (χ1v) is 6.63. The van der Waals surface area contributed by atoms with Crippen LogP contribution < -0.4 is 11.1 Å². The number of hydrogen-bond acceptors (Lipinski definition) is 5. The lowest BCUT2D eigenvalue weighted by atomic mass is 10.1. The molecule has 2 heterocycles. The Hall–Kier alpha value is -3.28. The molecule has 22 heavy (non-hydrogen) atoms. The van der Waals surface area contributed by atoms with Crippen LogP contribution in [-0.2, 0) is 0 Å². The molecule has 0 fully saturated rings. The van der Waals surface area contributed by atoms with Crippen molar-refractivity contribution in [3.8, 4) is 11.1 Å². The Morgan fingerprint density at radius 2 is 1.68 bits per heavy atom. The van der Waals surface area contributed by atoms with Crippen molar-refractivity contribution in [1.82, 2.24) is 15.0 Å². The maximum Gasteiger partial charge on any atom is 0.248 e. The van der Waals surface area contributed by atoms with Crippen LogP contribution in [0.5, 0.6) is 0 Å². The number of nitrogens with two attached hydrogens (primary N) is 1. The summed E-state index contributed by atoms with van der Waals surface area (Å²) >= 11 is 0. The van der Waals surface area contributed by atoms with Gasteiger partial charge in [-0.15, -0.1) is 0 Å². The summed E-state index contributed by atoms with van der Waals surface area (Å²) in [6.45, 7) is 0. The van der Waals surface area contributed by atoms with Gasteiger partial charge < -0.3 is 11.1 Å². The Labute approximate surface area is 127 Å². The van der Waals surface area contributed by atoms with Crippen molar-refractivity contribution in [3.63, 3.8) is 0 Å². The third-order valence-electron chi connectivity index (χ3n) is 3.04. The Balaban J connectivity index is 1.79. The van der Waals surface area contributed by atoms with E-state index in [9.17, 15) is 4.79 Å². The van der Waals surface area contributed by atoms with E-state index in [-0.39, 0.29) is 0 Å². The topological polar surface area (TPSA) is 93.8 Å². The Kier molecular flexibility index (Phi) is 3.74. The maximum atomic E-state index is 11.1. The minimum atomic E-state index is -0.509. The van der Waals surface area contributed by atoms with Gasteiger partial charge in [-0.3, -0.25) is 4.79 Å². The van der Waals surface area contributed by atoms with Gasteiger partial charge in [0.05, 0.1) is 0 Å². The monoisotopic (exact) mass is 291 g/mol. The molecule has 1 amide bonds. The van der Waals surface area contributed by atoms with Crippen molar-refractivity contribution in [2.75, 3.05) is 5.32 Å². The molecule has 108 valence electrons. The van der Waals surface area contributed by atoms with Gasteiger partial charge in [0.1, 0.15) is 5.82 Å². The number of nitrogens with zero attached hydrogens (tertiary/aromatic N) is 3. The van der Waals surface area contributed by atoms with Crippen LogP contribution in [0.15, 0.2) is 61.1 Å². The van der Waals surface area contributed by atoms with Crippen LogP contribution in [0.1, 0.15) is 10.4 Å². The van der Waals surface area contributed by atoms with Gasteiger partial charge in [0.2, 0.25) is 11.9 Å². The van der Waals surface area contributed by atoms with Crippen molar-refractivity contribution in [2.45, 2.75) is 0 Å². The van der Waals surface area contributed by atoms with E-state index >= 15 is 0 Å². The minimum absolute atomic E-state index is 0.374. The van der Waals surface area contributed by atoms with Crippen molar-refractivity contribution < 1.29 is 4.79 Å². The molecule has 0 aliphatic carbocycles. The van der Waals surface area contributed by atoms with E-state index in [2.05, 4.69) is 20.3 Å². The van der Waals surface area contributed by atoms with Crippen LogP contribution in [0.25, 0.3) is 11.1 Å². The highest BCUT2D eigenvalue weighted by molar-refractivity contribution is 5.93. The summed E-state index contributed by atoms with van der Waals surface area (Å²) in [4.78, 5) is 23.7. The summed E-state index contributed by atoms with van der Waals surface area (Å²) in [6.07, 6.45) is 4.95. The zero-order valence-electron chi connectivity index (χ0n) is 11.6. The molecule has 0 aliphatic rings. The summed E-state index contributed by atoms with van der Waals surface area (Å²) in [5.41, 5.74) is 7.57. The second-order valence-electron chi connectivity index (χ2n) is 4.58. The number of anilines is 2. The average molecular weight is 291 g/mol. The highest BCUT2D eigenvalue weighted by Crippen LogP contribution is 2.18. The number of carbonyl (C=O) groups excluding carboxylic acids is 1. The van der Waals surface area contributed by atoms with Crippen LogP contribution in [0.3, 0.4) is 0 Å². The van der Waals surface area contributed by atoms with Gasteiger partial charge in [-0.2, -0.15) is 0 Å². The first-order valence-electron chi connectivity index (χ1n) is 6.63. The van der Waals surface area contributed by atoms with Crippen molar-refractivity contribution in [2.24, 2.45) is 5.73 Å². The van der Waals surface area contributed by atoms with Gasteiger partial charge in [-0.25, -0.2) is 15.0 Å². The fourth-order valence-corrected chi connectivity index (χ4v) is 1.94. The molecule has 2 aromatic heterocycles. The van der Waals surface area contributed by atoms with Crippen LogP contribution in [-0.4, -0.2) is 20.9 Å². The number of hydrogen-bond donors (Lipinski definition) is 2. The number of rotatable bonds is 4. The molecule has 0 aliphatic heterocycles. The molecule has 1 aromatic carbocycles. The molecular weight excluding hydrogens is 278 g/mol. The maximum absolute atomic E-state index is 11.1. The molecule has 6 heteroatoms. The van der Waals surface area contributed by atoms with Crippen LogP contribution >= 0.6 is 0 Å². The van der Waals surface area contributed by atoms with E-state index in [0.29, 0.717) is 17.3 Å². The van der Waals surface area contributed by atoms with Crippen molar-refractivity contribution in [1.29, 1.82) is 0 Å². The van der Waals surface area contributed by atoms with Gasteiger partial charge in [0.25, 0.3) is 0 Å². The zero-order chi connectivity index (χ0) is 15.4. The highest BCUT2D eigenvalue weighted by atomic mass is 16.1. The van der Waals surface area contributed by atoms with Crippen LogP contribution in [0, 0.1) is 0 Å². The van der Waals surface area contributed by atoms with Crippen LogP contribution in [0.4, 0.5) is 11.8 Å². The van der Waals surface area contributed by atoms with E-state index in [1.165, 1.54) is 6.20 Å². The lowest BCUT2D eigenvalue weighted by Gasteiger charge is -2.06. The lowest BCUT2D eigenvalue weighted by Crippen LogP contribution is -2.11. The first-order chi connectivity index (χ1) is 10.7. The number of carbonyl (C=O) groups is 1. The predicted octanol–water partition coefficient (Wildman–Crippen LogP) is 2.38. The largest absolute Gasteiger partial charge is 0.366 e. The number of aromatic nitrogens is 3. The number of primary amides is 1. The van der Waals surface area contributed by atoms with Gasteiger partial charge >= 0.3 is 0 Å². The van der Waals surface area contributed by atoms with E-state index in [4.69, 9.17) is 5.73 Å². The first kappa shape index (κ1) is 13.7. The summed E-state index contributed by atoms with van der Waals surface area (Å²) < 4.78 is 0. The van der Waals surface area contributed by atoms with E-state index in [1.807, 2.05) is 30.3 Å². The van der Waals surface area contributed by atoms with E-state index in [1.54, 1.807) is 24.5 Å². The molecule has 0 spiro atoms. The number of benzene rings is 1. The second-order valence-corrected chi connectivity index (χ2v) is 4.58. The third-order valence-corrected chi connectivity index (χ3v) is 3.04. The standard InChI is InChI=1S/C16H13N5O/c17-15(22)12-6-7-18-14(8-12)21-16-19-9-13(10-20-16)11-4-2-1-3-5-11/h1-10H,(H2,17,22)(H,18,19,20,21). The molecule has 3 N–H and O–H groups in total. The molecule has 0 bridgehead atoms. The number of amides is 1. The SMILES string of the molecule is NC(=O)c1ccnc(Nc2ncc(-c3ccccc3)cn2)c1. The summed E-state index contributed by atoms with van der Waals surface area (Å²) in [7, 11) is 0. The van der Waals surface area contributed by atoms with Gasteiger partial charge in [-0.05, 0) is 17.7 Å². The van der Waals surface area contributed by atoms with Gasteiger partial charge in [0.15, 0.2) is 0 Å². The van der Waals surface area contributed by atoms with E-state index in [0.717, 1.165) is 11.1 Å². The molecule has 3 rings (SSSR count). The van der Waals surface area contributed by atoms with Crippen molar-refractivity contribution in [3.05, 3.63) is 66.6 Å². The summed E-state index contributed by atoms with van der Waals surface area (Å²) in [5.74, 6) is 0.350. The smallest absolute Gasteiger partial charge is 0.248 e. The zero-order valence-corrected chi connectivity index (χ0v) is 11.6. The molecule has 3 aromatic rings. The second kappa shape index (κ2) is 6.01. The quantitative estimate of drug-likeness (QED) is 0.769. The number of pyridine rings is 1. The van der Waals surface area contributed by atoms with Crippen molar-refractivity contribution >= 4 is 17.7 Å². The predicted molar refractivity (Wildman–Crippen MR) is 83.5 cm³/mol. The normalized spacial score (nSPS) is 10.2. The van der Waals surface area contributed by atoms with E-state index < -0.39 is 5.91 Å². The lowest BCUT2D eigenvalue weighted by molar-refractivity contribution is 0.1000. The fraction of sp³-hybridized carbons (Fsp3) is 0. The molecule has 6 nitrogen and oxygen atoms in total. The Morgan fingerprint density at radius 1 is 0.955 bits per heavy atom. The van der Waals surface area contributed by atoms with Gasteiger partial charge in [-0.1, -0.05) is 30.3 Å². The molecule has 0 saturated carbocycles. The summed E-state index contributed by atoms with van der Waals surface area (Å²) in [6, 6.07) is 13.0. The number of nitrogens with one attached hydrogen (secondary N) is 1. The molecular formula is C16H13N5O. The Morgan fingerprint density at radius 3 is 2.36 bits per heavy atom. The molecule has 0 unspecified atom stereocenters. The average Bonchev–Trinajstić information content (AvgIpc) is 2.56. The molecule has 0 saturated heterocycles.